The highest BCUT2D eigenvalue weighted by molar-refractivity contribution is 6.31. The number of amides is 1. The average Bonchev–Trinajstić information content (AvgIpc) is 2.61. The summed E-state index contributed by atoms with van der Waals surface area (Å²) in [5.74, 6) is 0.139. The van der Waals surface area contributed by atoms with Crippen LogP contribution in [0.25, 0.3) is 0 Å². The van der Waals surface area contributed by atoms with Gasteiger partial charge in [-0.1, -0.05) is 35.4 Å². The lowest BCUT2D eigenvalue weighted by molar-refractivity contribution is 0.102. The van der Waals surface area contributed by atoms with Crippen LogP contribution in [0, 0.1) is 13.8 Å². The van der Waals surface area contributed by atoms with E-state index < -0.39 is 0 Å². The molecule has 3 rings (SSSR count). The van der Waals surface area contributed by atoms with Gasteiger partial charge in [0.05, 0.1) is 5.56 Å². The van der Waals surface area contributed by atoms with Crippen molar-refractivity contribution in [2.45, 2.75) is 13.8 Å². The Morgan fingerprint density at radius 3 is 2.24 bits per heavy atom. The van der Waals surface area contributed by atoms with E-state index >= 15 is 0 Å². The maximum absolute atomic E-state index is 12.3. The van der Waals surface area contributed by atoms with Crippen LogP contribution in [0.15, 0.2) is 54.9 Å². The molecule has 1 amide bonds. The molecule has 2 N–H and O–H groups in total. The molecule has 0 aliphatic carbocycles. The number of aryl methyl sites for hydroxylation is 2. The number of carbonyl (C=O) groups excluding carboxylic acids is 1. The van der Waals surface area contributed by atoms with Gasteiger partial charge < -0.3 is 10.6 Å². The van der Waals surface area contributed by atoms with Crippen molar-refractivity contribution in [2.24, 2.45) is 0 Å². The molecule has 0 spiro atoms. The number of benzene rings is 2. The molecule has 0 saturated heterocycles. The van der Waals surface area contributed by atoms with Crippen molar-refractivity contribution < 1.29 is 4.79 Å². The number of hydrogen-bond donors (Lipinski definition) is 2. The van der Waals surface area contributed by atoms with Crippen molar-refractivity contribution in [1.82, 2.24) is 9.97 Å². The van der Waals surface area contributed by atoms with Crippen LogP contribution in [0.5, 0.6) is 0 Å². The molecule has 0 aliphatic rings. The van der Waals surface area contributed by atoms with Gasteiger partial charge in [-0.15, -0.1) is 0 Å². The van der Waals surface area contributed by atoms with Crippen molar-refractivity contribution >= 4 is 34.8 Å². The monoisotopic (exact) mass is 352 g/mol. The van der Waals surface area contributed by atoms with Crippen LogP contribution in [0.3, 0.4) is 0 Å². The Balaban J connectivity index is 1.67. The van der Waals surface area contributed by atoms with Crippen LogP contribution in [0.2, 0.25) is 5.02 Å². The second-order valence-corrected chi connectivity index (χ2v) is 6.11. The van der Waals surface area contributed by atoms with E-state index in [1.807, 2.05) is 44.2 Å². The molecule has 1 heterocycles. The number of aromatic nitrogens is 2. The first kappa shape index (κ1) is 16.9. The first-order valence-corrected chi connectivity index (χ1v) is 8.12. The van der Waals surface area contributed by atoms with Gasteiger partial charge in [-0.05, 0) is 43.7 Å². The quantitative estimate of drug-likeness (QED) is 0.711. The minimum atomic E-state index is -0.290. The zero-order valence-electron chi connectivity index (χ0n) is 13.9. The van der Waals surface area contributed by atoms with Gasteiger partial charge in [-0.3, -0.25) is 4.79 Å². The summed E-state index contributed by atoms with van der Waals surface area (Å²) >= 11 is 6.07. The number of carbonyl (C=O) groups is 1. The number of rotatable bonds is 4. The maximum atomic E-state index is 12.3. The summed E-state index contributed by atoms with van der Waals surface area (Å²) in [6.45, 7) is 3.93. The summed E-state index contributed by atoms with van der Waals surface area (Å²) in [5.41, 5.74) is 4.01. The van der Waals surface area contributed by atoms with Crippen molar-refractivity contribution in [3.63, 3.8) is 0 Å². The van der Waals surface area contributed by atoms with Crippen LogP contribution in [0.1, 0.15) is 21.5 Å². The van der Waals surface area contributed by atoms with E-state index in [4.69, 9.17) is 11.6 Å². The fourth-order valence-electron chi connectivity index (χ4n) is 2.15. The molecule has 6 heteroatoms. The molecule has 0 atom stereocenters. The Labute approximate surface area is 151 Å². The lowest BCUT2D eigenvalue weighted by atomic mass is 10.2. The van der Waals surface area contributed by atoms with Gasteiger partial charge in [0.25, 0.3) is 5.91 Å². The van der Waals surface area contributed by atoms with Crippen LogP contribution in [-0.4, -0.2) is 15.9 Å². The Morgan fingerprint density at radius 1 is 0.960 bits per heavy atom. The minimum absolute atomic E-state index is 0.290. The second-order valence-electron chi connectivity index (χ2n) is 5.70. The van der Waals surface area contributed by atoms with Gasteiger partial charge in [0, 0.05) is 28.8 Å². The van der Waals surface area contributed by atoms with E-state index in [0.29, 0.717) is 22.2 Å². The van der Waals surface area contributed by atoms with Crippen LogP contribution in [-0.2, 0) is 0 Å². The van der Waals surface area contributed by atoms with Gasteiger partial charge in [0.2, 0.25) is 5.95 Å². The molecule has 1 aromatic heterocycles. The first-order chi connectivity index (χ1) is 12.0. The molecule has 0 aliphatic heterocycles. The summed E-state index contributed by atoms with van der Waals surface area (Å²) < 4.78 is 0. The number of anilines is 3. The minimum Gasteiger partial charge on any atom is -0.324 e. The Hall–Kier alpha value is -2.92. The summed E-state index contributed by atoms with van der Waals surface area (Å²) in [5, 5.41) is 6.47. The molecule has 0 saturated carbocycles. The van der Waals surface area contributed by atoms with Crippen LogP contribution < -0.4 is 10.6 Å². The number of halogens is 1. The van der Waals surface area contributed by atoms with Gasteiger partial charge in [-0.2, -0.15) is 0 Å². The Morgan fingerprint density at radius 2 is 1.60 bits per heavy atom. The highest BCUT2D eigenvalue weighted by atomic mass is 35.5. The Bertz CT molecular complexity index is 892. The van der Waals surface area contributed by atoms with E-state index in [2.05, 4.69) is 20.6 Å². The topological polar surface area (TPSA) is 66.9 Å². The molecular weight excluding hydrogens is 336 g/mol. The third kappa shape index (κ3) is 4.33. The van der Waals surface area contributed by atoms with Crippen LogP contribution in [0.4, 0.5) is 17.3 Å². The highest BCUT2D eigenvalue weighted by Crippen LogP contribution is 2.20. The van der Waals surface area contributed by atoms with Gasteiger partial charge >= 0.3 is 0 Å². The molecule has 0 radical (unpaired) electrons. The summed E-state index contributed by atoms with van der Waals surface area (Å²) in [6.07, 6.45) is 2.96. The zero-order valence-corrected chi connectivity index (χ0v) is 14.6. The maximum Gasteiger partial charge on any atom is 0.258 e. The Kier molecular flexibility index (Phi) is 4.95. The van der Waals surface area contributed by atoms with E-state index in [9.17, 15) is 4.79 Å². The predicted molar refractivity (Wildman–Crippen MR) is 101 cm³/mol. The number of nitrogens with zero attached hydrogens (tertiary/aromatic N) is 2. The van der Waals surface area contributed by atoms with Crippen molar-refractivity contribution in [1.29, 1.82) is 0 Å². The molecule has 126 valence electrons. The average molecular weight is 353 g/mol. The third-order valence-corrected chi connectivity index (χ3v) is 4.06. The smallest absolute Gasteiger partial charge is 0.258 e. The zero-order chi connectivity index (χ0) is 17.8. The standard InChI is InChI=1S/C19H17ClN4O/c1-12-3-6-15(7-4-12)24-19-21-10-14(11-22-19)18(25)23-16-8-5-13(2)17(20)9-16/h3-11H,1-2H3,(H,23,25)(H,21,22,24). The molecule has 0 bridgehead atoms. The normalized spacial score (nSPS) is 10.4. The van der Waals surface area contributed by atoms with Crippen molar-refractivity contribution in [3.05, 3.63) is 76.6 Å². The second kappa shape index (κ2) is 7.32. The number of nitrogens with one attached hydrogen (secondary N) is 2. The summed E-state index contributed by atoms with van der Waals surface area (Å²) in [7, 11) is 0. The van der Waals surface area contributed by atoms with E-state index in [1.54, 1.807) is 12.1 Å². The van der Waals surface area contributed by atoms with Crippen molar-refractivity contribution in [2.75, 3.05) is 10.6 Å². The number of hydrogen-bond acceptors (Lipinski definition) is 4. The molecule has 0 fully saturated rings. The summed E-state index contributed by atoms with van der Waals surface area (Å²) in [6, 6.07) is 13.2. The molecule has 3 aromatic rings. The molecule has 0 unspecified atom stereocenters. The fraction of sp³-hybridized carbons (Fsp3) is 0.105. The predicted octanol–water partition coefficient (Wildman–Crippen LogP) is 4.74. The molecule has 2 aromatic carbocycles. The van der Waals surface area contributed by atoms with Gasteiger partial charge in [-0.25, -0.2) is 9.97 Å². The lowest BCUT2D eigenvalue weighted by Crippen LogP contribution is -2.13. The molecule has 25 heavy (non-hydrogen) atoms. The fourth-order valence-corrected chi connectivity index (χ4v) is 2.33. The van der Waals surface area contributed by atoms with Gasteiger partial charge in [0.15, 0.2) is 0 Å². The lowest BCUT2D eigenvalue weighted by Gasteiger charge is -2.08. The SMILES string of the molecule is Cc1ccc(Nc2ncc(C(=O)Nc3ccc(C)c(Cl)c3)cn2)cc1. The first-order valence-electron chi connectivity index (χ1n) is 7.74. The van der Waals surface area contributed by atoms with E-state index in [0.717, 1.165) is 11.3 Å². The molecule has 5 nitrogen and oxygen atoms in total. The van der Waals surface area contributed by atoms with Crippen LogP contribution >= 0.6 is 11.6 Å². The largest absolute Gasteiger partial charge is 0.324 e. The highest BCUT2D eigenvalue weighted by Gasteiger charge is 2.09. The molecular formula is C19H17ClN4O. The van der Waals surface area contributed by atoms with E-state index in [1.165, 1.54) is 18.0 Å². The summed E-state index contributed by atoms with van der Waals surface area (Å²) in [4.78, 5) is 20.6. The van der Waals surface area contributed by atoms with Gasteiger partial charge in [0.1, 0.15) is 0 Å². The van der Waals surface area contributed by atoms with Crippen molar-refractivity contribution in [3.8, 4) is 0 Å². The third-order valence-electron chi connectivity index (χ3n) is 3.65. The van der Waals surface area contributed by atoms with E-state index in [-0.39, 0.29) is 5.91 Å².